The van der Waals surface area contributed by atoms with Crippen LogP contribution >= 0.6 is 11.3 Å². The fraction of sp³-hybridized carbons (Fsp3) is 0.450. The molecule has 0 saturated carbocycles. The second-order valence-corrected chi connectivity index (χ2v) is 10.3. The van der Waals surface area contributed by atoms with Gasteiger partial charge in [-0.05, 0) is 35.9 Å². The first-order chi connectivity index (χ1) is 13.4. The number of sulfonamides is 1. The van der Waals surface area contributed by atoms with Gasteiger partial charge in [-0.3, -0.25) is 4.79 Å². The van der Waals surface area contributed by atoms with Crippen LogP contribution in [0.15, 0.2) is 46.0 Å². The van der Waals surface area contributed by atoms with E-state index in [0.717, 1.165) is 16.9 Å². The first-order valence-electron chi connectivity index (χ1n) is 9.65. The molecule has 0 aliphatic carbocycles. The standard InChI is InChI=1S/C20H27N3O3S2/c1-3-17-6-8-18(9-7-17)16(2)21-19(24)15-22-10-12-23(13-11-22)28(25,26)20-5-4-14-27-20/h4-9,14,16H,3,10-13,15H2,1-2H3,(H,21,24)/p+1/t16-/m0/s1. The van der Waals surface area contributed by atoms with Crippen LogP contribution in [0.5, 0.6) is 0 Å². The number of rotatable bonds is 7. The zero-order valence-corrected chi connectivity index (χ0v) is 18.0. The fourth-order valence-corrected chi connectivity index (χ4v) is 5.99. The SMILES string of the molecule is CCc1ccc([C@H](C)NC(=O)C[NH+]2CCN(S(=O)(=O)c3cccs3)CC2)cc1. The molecule has 3 rings (SSSR count). The summed E-state index contributed by atoms with van der Waals surface area (Å²) < 4.78 is 27.1. The van der Waals surface area contributed by atoms with E-state index < -0.39 is 10.0 Å². The van der Waals surface area contributed by atoms with Crippen molar-refractivity contribution in [1.29, 1.82) is 0 Å². The number of thiophene rings is 1. The van der Waals surface area contributed by atoms with Gasteiger partial charge in [-0.1, -0.05) is 37.3 Å². The van der Waals surface area contributed by atoms with E-state index in [2.05, 4.69) is 36.5 Å². The lowest BCUT2D eigenvalue weighted by Crippen LogP contribution is -3.15. The van der Waals surface area contributed by atoms with E-state index in [-0.39, 0.29) is 11.9 Å². The predicted octanol–water partition coefficient (Wildman–Crippen LogP) is 1.08. The highest BCUT2D eigenvalue weighted by molar-refractivity contribution is 7.91. The van der Waals surface area contributed by atoms with Gasteiger partial charge in [0.1, 0.15) is 4.21 Å². The second kappa shape index (κ2) is 9.17. The third-order valence-electron chi connectivity index (χ3n) is 5.19. The molecule has 1 fully saturated rings. The van der Waals surface area contributed by atoms with Gasteiger partial charge in [0.15, 0.2) is 6.54 Å². The van der Waals surface area contributed by atoms with E-state index in [4.69, 9.17) is 0 Å². The summed E-state index contributed by atoms with van der Waals surface area (Å²) in [5.41, 5.74) is 2.37. The Morgan fingerprint density at radius 3 is 2.46 bits per heavy atom. The van der Waals surface area contributed by atoms with Crippen LogP contribution in [0, 0.1) is 0 Å². The molecular formula is C20H28N3O3S2+. The van der Waals surface area contributed by atoms with Crippen LogP contribution < -0.4 is 10.2 Å². The maximum atomic E-state index is 12.6. The van der Waals surface area contributed by atoms with Crippen LogP contribution in [0.4, 0.5) is 0 Å². The number of nitrogens with one attached hydrogen (secondary N) is 2. The Kier molecular flexibility index (Phi) is 6.87. The minimum Gasteiger partial charge on any atom is -0.345 e. The maximum Gasteiger partial charge on any atom is 0.275 e. The van der Waals surface area contributed by atoms with Gasteiger partial charge in [0, 0.05) is 0 Å². The highest BCUT2D eigenvalue weighted by atomic mass is 32.2. The molecule has 1 aliphatic rings. The van der Waals surface area contributed by atoms with Crippen molar-refractivity contribution in [2.24, 2.45) is 0 Å². The summed E-state index contributed by atoms with van der Waals surface area (Å²) in [6, 6.07) is 11.7. The largest absolute Gasteiger partial charge is 0.345 e. The highest BCUT2D eigenvalue weighted by Gasteiger charge is 2.31. The van der Waals surface area contributed by atoms with E-state index in [0.29, 0.717) is 36.9 Å². The molecule has 0 bridgehead atoms. The Morgan fingerprint density at radius 1 is 1.21 bits per heavy atom. The van der Waals surface area contributed by atoms with Crippen molar-refractivity contribution in [3.63, 3.8) is 0 Å². The number of carbonyl (C=O) groups is 1. The summed E-state index contributed by atoms with van der Waals surface area (Å²) in [6.45, 7) is 6.63. The summed E-state index contributed by atoms with van der Waals surface area (Å²) >= 11 is 1.24. The lowest BCUT2D eigenvalue weighted by atomic mass is 10.1. The van der Waals surface area contributed by atoms with Gasteiger partial charge in [-0.25, -0.2) is 8.42 Å². The molecule has 0 unspecified atom stereocenters. The highest BCUT2D eigenvalue weighted by Crippen LogP contribution is 2.20. The van der Waals surface area contributed by atoms with E-state index in [9.17, 15) is 13.2 Å². The van der Waals surface area contributed by atoms with E-state index in [1.165, 1.54) is 21.2 Å². The Labute approximate surface area is 171 Å². The number of quaternary nitrogens is 1. The number of carbonyl (C=O) groups excluding carboxylic acids is 1. The van der Waals surface area contributed by atoms with E-state index in [1.54, 1.807) is 17.5 Å². The molecule has 152 valence electrons. The van der Waals surface area contributed by atoms with Gasteiger partial charge in [0.25, 0.3) is 15.9 Å². The minimum atomic E-state index is -3.39. The normalized spacial score (nSPS) is 17.4. The minimum absolute atomic E-state index is 0.00312. The molecule has 8 heteroatoms. The molecule has 6 nitrogen and oxygen atoms in total. The molecular weight excluding hydrogens is 394 g/mol. The van der Waals surface area contributed by atoms with E-state index in [1.807, 2.05) is 6.92 Å². The van der Waals surface area contributed by atoms with Gasteiger partial charge < -0.3 is 10.2 Å². The molecule has 1 saturated heterocycles. The van der Waals surface area contributed by atoms with Crippen molar-refractivity contribution in [3.8, 4) is 0 Å². The van der Waals surface area contributed by atoms with Crippen LogP contribution in [0.2, 0.25) is 0 Å². The van der Waals surface area contributed by atoms with Crippen LogP contribution in [0.3, 0.4) is 0 Å². The molecule has 2 aromatic rings. The van der Waals surface area contributed by atoms with Gasteiger partial charge >= 0.3 is 0 Å². The lowest BCUT2D eigenvalue weighted by molar-refractivity contribution is -0.895. The van der Waals surface area contributed by atoms with Crippen LogP contribution in [0.25, 0.3) is 0 Å². The second-order valence-electron chi connectivity index (χ2n) is 7.15. The Morgan fingerprint density at radius 2 is 1.89 bits per heavy atom. The number of nitrogens with zero attached hydrogens (tertiary/aromatic N) is 1. The van der Waals surface area contributed by atoms with Crippen molar-refractivity contribution < 1.29 is 18.1 Å². The molecule has 1 amide bonds. The number of aryl methyl sites for hydroxylation is 1. The van der Waals surface area contributed by atoms with Gasteiger partial charge in [0.2, 0.25) is 0 Å². The smallest absolute Gasteiger partial charge is 0.275 e. The molecule has 28 heavy (non-hydrogen) atoms. The molecule has 2 heterocycles. The number of hydrogen-bond donors (Lipinski definition) is 2. The van der Waals surface area contributed by atoms with Crippen molar-refractivity contribution in [1.82, 2.24) is 9.62 Å². The third kappa shape index (κ3) is 5.00. The zero-order chi connectivity index (χ0) is 20.1. The van der Waals surface area contributed by atoms with Gasteiger partial charge in [-0.2, -0.15) is 4.31 Å². The Bertz CT molecular complexity index is 872. The maximum absolute atomic E-state index is 12.6. The fourth-order valence-electron chi connectivity index (χ4n) is 3.40. The summed E-state index contributed by atoms with van der Waals surface area (Å²) in [5, 5.41) is 4.83. The van der Waals surface area contributed by atoms with Crippen molar-refractivity contribution in [2.75, 3.05) is 32.7 Å². The third-order valence-corrected chi connectivity index (χ3v) is 8.47. The van der Waals surface area contributed by atoms with Gasteiger partial charge in [0.05, 0.1) is 32.2 Å². The summed E-state index contributed by atoms with van der Waals surface area (Å²) in [6.07, 6.45) is 0.999. The molecule has 1 aromatic heterocycles. The molecule has 1 atom stereocenters. The van der Waals surface area contributed by atoms with Crippen molar-refractivity contribution in [3.05, 3.63) is 52.9 Å². The summed E-state index contributed by atoms with van der Waals surface area (Å²) in [5.74, 6) is -0.00312. The van der Waals surface area contributed by atoms with Gasteiger partial charge in [-0.15, -0.1) is 11.3 Å². The summed E-state index contributed by atoms with van der Waals surface area (Å²) in [7, 11) is -3.39. The Balaban J connectivity index is 1.48. The Hall–Kier alpha value is -1.74. The molecule has 1 aliphatic heterocycles. The summed E-state index contributed by atoms with van der Waals surface area (Å²) in [4.78, 5) is 13.5. The number of benzene rings is 1. The number of amides is 1. The van der Waals surface area contributed by atoms with Crippen molar-refractivity contribution in [2.45, 2.75) is 30.5 Å². The quantitative estimate of drug-likeness (QED) is 0.701. The van der Waals surface area contributed by atoms with Crippen LogP contribution in [-0.2, 0) is 21.2 Å². The number of piperazine rings is 1. The first-order valence-corrected chi connectivity index (χ1v) is 12.0. The zero-order valence-electron chi connectivity index (χ0n) is 16.3. The molecule has 0 radical (unpaired) electrons. The van der Waals surface area contributed by atoms with Crippen LogP contribution in [0.1, 0.15) is 31.0 Å². The lowest BCUT2D eigenvalue weighted by Gasteiger charge is -2.31. The number of hydrogen-bond acceptors (Lipinski definition) is 4. The molecule has 1 aromatic carbocycles. The van der Waals surface area contributed by atoms with E-state index >= 15 is 0 Å². The first kappa shape index (κ1) is 21.0. The average Bonchev–Trinajstić information content (AvgIpc) is 3.24. The molecule has 0 spiro atoms. The monoisotopic (exact) mass is 422 g/mol. The predicted molar refractivity (Wildman–Crippen MR) is 111 cm³/mol. The van der Waals surface area contributed by atoms with Crippen molar-refractivity contribution >= 4 is 27.3 Å². The topological polar surface area (TPSA) is 70.9 Å². The van der Waals surface area contributed by atoms with Crippen LogP contribution in [-0.4, -0.2) is 51.4 Å². The average molecular weight is 423 g/mol. The molecule has 2 N–H and O–H groups in total.